The molecular formula is C12H9BrO2S. The molecule has 1 heterocycles. The molecule has 1 aromatic carbocycles. The third-order valence-electron chi connectivity index (χ3n) is 2.10. The van der Waals surface area contributed by atoms with Crippen molar-refractivity contribution in [2.75, 3.05) is 0 Å². The average Bonchev–Trinajstić information content (AvgIpc) is 2.72. The maximum absolute atomic E-state index is 10.8. The molecule has 0 saturated heterocycles. The molecular weight excluding hydrogens is 288 g/mol. The van der Waals surface area contributed by atoms with Crippen LogP contribution < -0.4 is 4.74 Å². The first-order valence-corrected chi connectivity index (χ1v) is 6.37. The summed E-state index contributed by atoms with van der Waals surface area (Å²) in [4.78, 5) is 11.9. The van der Waals surface area contributed by atoms with Crippen LogP contribution in [0.4, 0.5) is 0 Å². The van der Waals surface area contributed by atoms with E-state index in [1.54, 1.807) is 23.5 Å². The maximum atomic E-state index is 10.8. The van der Waals surface area contributed by atoms with Crippen LogP contribution in [0.25, 0.3) is 0 Å². The second-order valence-corrected chi connectivity index (χ2v) is 4.99. The molecule has 2 aromatic rings. The largest absolute Gasteiger partial charge is 0.487 e. The fourth-order valence-corrected chi connectivity index (χ4v) is 2.66. The van der Waals surface area contributed by atoms with Gasteiger partial charge in [-0.3, -0.25) is 4.79 Å². The third-order valence-corrected chi connectivity index (χ3v) is 4.00. The molecule has 2 nitrogen and oxygen atoms in total. The van der Waals surface area contributed by atoms with Gasteiger partial charge >= 0.3 is 0 Å². The Morgan fingerprint density at radius 1 is 1.31 bits per heavy atom. The van der Waals surface area contributed by atoms with Gasteiger partial charge in [0.25, 0.3) is 0 Å². The van der Waals surface area contributed by atoms with Gasteiger partial charge in [-0.1, -0.05) is 12.1 Å². The summed E-state index contributed by atoms with van der Waals surface area (Å²) in [7, 11) is 0. The van der Waals surface area contributed by atoms with E-state index in [9.17, 15) is 4.79 Å². The second kappa shape index (κ2) is 5.27. The minimum atomic E-state index is 0.475. The highest BCUT2D eigenvalue weighted by Gasteiger charge is 2.05. The lowest BCUT2D eigenvalue weighted by Crippen LogP contribution is -1.96. The highest BCUT2D eigenvalue weighted by Crippen LogP contribution is 2.25. The van der Waals surface area contributed by atoms with Crippen LogP contribution >= 0.6 is 27.3 Å². The number of thiophene rings is 1. The van der Waals surface area contributed by atoms with Crippen molar-refractivity contribution in [3.8, 4) is 5.75 Å². The number of ether oxygens (including phenoxy) is 1. The van der Waals surface area contributed by atoms with Crippen molar-refractivity contribution >= 4 is 33.6 Å². The molecule has 0 saturated carbocycles. The molecule has 82 valence electrons. The van der Waals surface area contributed by atoms with E-state index >= 15 is 0 Å². The van der Waals surface area contributed by atoms with E-state index in [2.05, 4.69) is 15.9 Å². The van der Waals surface area contributed by atoms with Crippen LogP contribution in [0.5, 0.6) is 5.75 Å². The predicted octanol–water partition coefficient (Wildman–Crippen LogP) is 3.90. The Bertz CT molecular complexity index is 493. The summed E-state index contributed by atoms with van der Waals surface area (Å²) in [5, 5.41) is 1.99. The predicted molar refractivity (Wildman–Crippen MR) is 68.2 cm³/mol. The monoisotopic (exact) mass is 296 g/mol. The molecule has 0 aliphatic rings. The summed E-state index contributed by atoms with van der Waals surface area (Å²) >= 11 is 5.06. The Morgan fingerprint density at radius 3 is 2.81 bits per heavy atom. The average molecular weight is 297 g/mol. The quantitative estimate of drug-likeness (QED) is 0.800. The van der Waals surface area contributed by atoms with Crippen molar-refractivity contribution < 1.29 is 9.53 Å². The van der Waals surface area contributed by atoms with Crippen molar-refractivity contribution in [3.05, 3.63) is 50.6 Å². The fourth-order valence-electron chi connectivity index (χ4n) is 1.28. The van der Waals surface area contributed by atoms with Gasteiger partial charge in [-0.05, 0) is 39.5 Å². The summed E-state index contributed by atoms with van der Waals surface area (Å²) < 4.78 is 6.65. The number of halogens is 1. The van der Waals surface area contributed by atoms with Gasteiger partial charge < -0.3 is 4.74 Å². The molecule has 0 atom stereocenters. The van der Waals surface area contributed by atoms with Gasteiger partial charge in [0.2, 0.25) is 0 Å². The smallest absolute Gasteiger partial charge is 0.153 e. The molecule has 0 N–H and O–H groups in total. The fraction of sp³-hybridized carbons (Fsp3) is 0.0833. The van der Waals surface area contributed by atoms with E-state index in [0.29, 0.717) is 17.9 Å². The van der Waals surface area contributed by atoms with Crippen molar-refractivity contribution in [3.63, 3.8) is 0 Å². The molecule has 0 amide bonds. The molecule has 0 spiro atoms. The Hall–Kier alpha value is -1.13. The first-order chi connectivity index (χ1) is 7.81. The standard InChI is InChI=1S/C12H9BrO2S/c13-10-5-6-16-12(10)8-15-11-4-2-1-3-9(11)7-14/h1-7H,8H2. The summed E-state index contributed by atoms with van der Waals surface area (Å²) in [6.45, 7) is 0.475. The van der Waals surface area contributed by atoms with Crippen molar-refractivity contribution in [1.29, 1.82) is 0 Å². The molecule has 1 aromatic heterocycles. The Kier molecular flexibility index (Phi) is 3.74. The highest BCUT2D eigenvalue weighted by atomic mass is 79.9. The van der Waals surface area contributed by atoms with E-state index in [0.717, 1.165) is 15.6 Å². The highest BCUT2D eigenvalue weighted by molar-refractivity contribution is 9.10. The van der Waals surface area contributed by atoms with Crippen LogP contribution in [0.2, 0.25) is 0 Å². The van der Waals surface area contributed by atoms with Crippen molar-refractivity contribution in [1.82, 2.24) is 0 Å². The summed E-state index contributed by atoms with van der Waals surface area (Å²) in [6, 6.07) is 9.19. The number of carbonyl (C=O) groups is 1. The maximum Gasteiger partial charge on any atom is 0.153 e. The first-order valence-electron chi connectivity index (χ1n) is 4.70. The number of hydrogen-bond acceptors (Lipinski definition) is 3. The minimum Gasteiger partial charge on any atom is -0.487 e. The normalized spacial score (nSPS) is 10.1. The lowest BCUT2D eigenvalue weighted by atomic mass is 10.2. The summed E-state index contributed by atoms with van der Waals surface area (Å²) in [5.41, 5.74) is 0.579. The van der Waals surface area contributed by atoms with E-state index < -0.39 is 0 Å². The molecule has 4 heteroatoms. The van der Waals surface area contributed by atoms with Crippen LogP contribution in [-0.2, 0) is 6.61 Å². The van der Waals surface area contributed by atoms with Crippen LogP contribution in [0, 0.1) is 0 Å². The van der Waals surface area contributed by atoms with Gasteiger partial charge in [-0.15, -0.1) is 11.3 Å². The van der Waals surface area contributed by atoms with Crippen LogP contribution in [-0.4, -0.2) is 6.29 Å². The van der Waals surface area contributed by atoms with E-state index in [1.807, 2.05) is 23.6 Å². The molecule has 0 bridgehead atoms. The first kappa shape index (κ1) is 11.4. The number of rotatable bonds is 4. The van der Waals surface area contributed by atoms with Crippen LogP contribution in [0.1, 0.15) is 15.2 Å². The van der Waals surface area contributed by atoms with Gasteiger partial charge in [0, 0.05) is 4.47 Å². The molecule has 16 heavy (non-hydrogen) atoms. The molecule has 0 aliphatic heterocycles. The molecule has 2 rings (SSSR count). The minimum absolute atomic E-state index is 0.475. The van der Waals surface area contributed by atoms with E-state index in [-0.39, 0.29) is 0 Å². The molecule has 0 radical (unpaired) electrons. The molecule has 0 unspecified atom stereocenters. The zero-order valence-corrected chi connectivity index (χ0v) is 10.8. The number of hydrogen-bond donors (Lipinski definition) is 0. The van der Waals surface area contributed by atoms with Gasteiger partial charge in [0.05, 0.1) is 10.4 Å². The lowest BCUT2D eigenvalue weighted by molar-refractivity contribution is 0.111. The number of aldehydes is 1. The summed E-state index contributed by atoms with van der Waals surface area (Å²) in [6.07, 6.45) is 0.804. The topological polar surface area (TPSA) is 26.3 Å². The van der Waals surface area contributed by atoms with Gasteiger partial charge in [0.1, 0.15) is 12.4 Å². The van der Waals surface area contributed by atoms with Gasteiger partial charge in [-0.2, -0.15) is 0 Å². The number of carbonyl (C=O) groups excluding carboxylic acids is 1. The Morgan fingerprint density at radius 2 is 2.12 bits per heavy atom. The van der Waals surface area contributed by atoms with Crippen LogP contribution in [0.15, 0.2) is 40.2 Å². The van der Waals surface area contributed by atoms with Gasteiger partial charge in [-0.25, -0.2) is 0 Å². The second-order valence-electron chi connectivity index (χ2n) is 3.14. The van der Waals surface area contributed by atoms with Crippen molar-refractivity contribution in [2.45, 2.75) is 6.61 Å². The van der Waals surface area contributed by atoms with E-state index in [4.69, 9.17) is 4.74 Å². The van der Waals surface area contributed by atoms with Crippen LogP contribution in [0.3, 0.4) is 0 Å². The summed E-state index contributed by atoms with van der Waals surface area (Å²) in [5.74, 6) is 0.623. The molecule has 0 aliphatic carbocycles. The Balaban J connectivity index is 2.10. The third kappa shape index (κ3) is 2.51. The lowest BCUT2D eigenvalue weighted by Gasteiger charge is -2.06. The zero-order valence-electron chi connectivity index (χ0n) is 8.35. The number of benzene rings is 1. The Labute approximate surface area is 106 Å². The molecule has 0 fully saturated rings. The SMILES string of the molecule is O=Cc1ccccc1OCc1sccc1Br. The zero-order chi connectivity index (χ0) is 11.4. The van der Waals surface area contributed by atoms with Gasteiger partial charge in [0.15, 0.2) is 6.29 Å². The van der Waals surface area contributed by atoms with Crippen molar-refractivity contribution in [2.24, 2.45) is 0 Å². The number of para-hydroxylation sites is 1. The van der Waals surface area contributed by atoms with E-state index in [1.165, 1.54) is 0 Å².